The summed E-state index contributed by atoms with van der Waals surface area (Å²) in [6.45, 7) is 4.14. The minimum atomic E-state index is -2.87. The highest BCUT2D eigenvalue weighted by Gasteiger charge is 2.17. The van der Waals surface area contributed by atoms with Crippen LogP contribution in [0.4, 0.5) is 8.78 Å². The van der Waals surface area contributed by atoms with E-state index >= 15 is 0 Å². The van der Waals surface area contributed by atoms with E-state index in [9.17, 15) is 13.6 Å². The van der Waals surface area contributed by atoms with Crippen LogP contribution in [0.1, 0.15) is 24.2 Å². The summed E-state index contributed by atoms with van der Waals surface area (Å²) in [5.41, 5.74) is 0.323. The molecule has 0 aliphatic rings. The van der Waals surface area contributed by atoms with E-state index in [0.29, 0.717) is 23.8 Å². The van der Waals surface area contributed by atoms with Crippen LogP contribution >= 0.6 is 0 Å². The molecule has 1 rings (SSSR count). The van der Waals surface area contributed by atoms with Crippen molar-refractivity contribution in [2.45, 2.75) is 26.4 Å². The molecule has 0 radical (unpaired) electrons. The van der Waals surface area contributed by atoms with Crippen LogP contribution in [0.3, 0.4) is 0 Å². The van der Waals surface area contributed by atoms with Gasteiger partial charge in [0, 0.05) is 12.1 Å². The molecule has 1 aromatic rings. The number of carbonyl (C=O) groups is 1. The Hall–Kier alpha value is -1.69. The summed E-state index contributed by atoms with van der Waals surface area (Å²) in [5, 5.41) is 11.1. The van der Waals surface area contributed by atoms with Gasteiger partial charge < -0.3 is 15.2 Å². The third kappa shape index (κ3) is 5.52. The number of aliphatic hydroxyl groups excluding tert-OH is 1. The van der Waals surface area contributed by atoms with Gasteiger partial charge in [-0.3, -0.25) is 4.79 Å². The van der Waals surface area contributed by atoms with E-state index in [0.717, 1.165) is 0 Å². The summed E-state index contributed by atoms with van der Waals surface area (Å²) >= 11 is 0. The van der Waals surface area contributed by atoms with Gasteiger partial charge in [-0.2, -0.15) is 0 Å². The molecular weight excluding hydrogens is 268 g/mol. The predicted octanol–water partition coefficient (Wildman–Crippen LogP) is 2.08. The lowest BCUT2D eigenvalue weighted by molar-refractivity contribution is -0.00270. The van der Waals surface area contributed by atoms with Crippen molar-refractivity contribution in [3.63, 3.8) is 0 Å². The van der Waals surface area contributed by atoms with Gasteiger partial charge in [-0.1, -0.05) is 13.8 Å². The van der Waals surface area contributed by atoms with Gasteiger partial charge in [0.1, 0.15) is 11.9 Å². The summed E-state index contributed by atoms with van der Waals surface area (Å²) in [5.74, 6) is 0.525. The highest BCUT2D eigenvalue weighted by molar-refractivity contribution is 5.94. The van der Waals surface area contributed by atoms with Crippen molar-refractivity contribution in [2.24, 2.45) is 5.92 Å². The molecule has 2 N–H and O–H groups in total. The van der Waals surface area contributed by atoms with Gasteiger partial charge in [-0.05, 0) is 30.2 Å². The average Bonchev–Trinajstić information content (AvgIpc) is 2.42. The number of halogens is 2. The standard InChI is InChI=1S/C14H19F2NO3/c1-9(2)8-20-11-5-3-10(4-6-11)14(19)17-7-12(18)13(15)16/h3-6,9,12-13,18H,7-8H2,1-2H3,(H,17,19). The van der Waals surface area contributed by atoms with Crippen LogP contribution in [0.5, 0.6) is 5.75 Å². The Labute approximate surface area is 116 Å². The zero-order valence-corrected chi connectivity index (χ0v) is 11.5. The molecule has 0 fully saturated rings. The van der Waals surface area contributed by atoms with Gasteiger partial charge in [-0.15, -0.1) is 0 Å². The number of hydrogen-bond donors (Lipinski definition) is 2. The van der Waals surface area contributed by atoms with Crippen LogP contribution < -0.4 is 10.1 Å². The highest BCUT2D eigenvalue weighted by atomic mass is 19.3. The Bertz CT molecular complexity index is 421. The smallest absolute Gasteiger partial charge is 0.265 e. The maximum Gasteiger partial charge on any atom is 0.265 e. The fourth-order valence-corrected chi connectivity index (χ4v) is 1.35. The molecule has 1 atom stereocenters. The lowest BCUT2D eigenvalue weighted by Crippen LogP contribution is -2.35. The second-order valence-electron chi connectivity index (χ2n) is 4.84. The molecule has 0 heterocycles. The number of ether oxygens (including phenoxy) is 1. The quantitative estimate of drug-likeness (QED) is 0.807. The number of nitrogens with one attached hydrogen (secondary N) is 1. The number of amides is 1. The van der Waals surface area contributed by atoms with Gasteiger partial charge >= 0.3 is 0 Å². The Morgan fingerprint density at radius 1 is 1.30 bits per heavy atom. The molecule has 6 heteroatoms. The first kappa shape index (κ1) is 16.4. The van der Waals surface area contributed by atoms with Gasteiger partial charge in [0.25, 0.3) is 12.3 Å². The Morgan fingerprint density at radius 2 is 1.90 bits per heavy atom. The maximum absolute atomic E-state index is 12.1. The summed E-state index contributed by atoms with van der Waals surface area (Å²) in [6, 6.07) is 6.36. The van der Waals surface area contributed by atoms with E-state index in [4.69, 9.17) is 9.84 Å². The molecular formula is C14H19F2NO3. The highest BCUT2D eigenvalue weighted by Crippen LogP contribution is 2.13. The molecule has 0 spiro atoms. The molecule has 1 unspecified atom stereocenters. The van der Waals surface area contributed by atoms with Crippen LogP contribution in [-0.4, -0.2) is 36.7 Å². The van der Waals surface area contributed by atoms with Crippen molar-refractivity contribution in [1.29, 1.82) is 0 Å². The molecule has 0 bridgehead atoms. The van der Waals surface area contributed by atoms with Gasteiger partial charge in [-0.25, -0.2) is 8.78 Å². The number of alkyl halides is 2. The summed E-state index contributed by atoms with van der Waals surface area (Å²) in [4.78, 5) is 11.6. The zero-order valence-electron chi connectivity index (χ0n) is 11.5. The van der Waals surface area contributed by atoms with E-state index in [-0.39, 0.29) is 0 Å². The Morgan fingerprint density at radius 3 is 2.40 bits per heavy atom. The number of aliphatic hydroxyl groups is 1. The van der Waals surface area contributed by atoms with Crippen LogP contribution in [0.15, 0.2) is 24.3 Å². The van der Waals surface area contributed by atoms with Crippen molar-refractivity contribution >= 4 is 5.91 Å². The topological polar surface area (TPSA) is 58.6 Å². The Kier molecular flexibility index (Phi) is 6.38. The fourth-order valence-electron chi connectivity index (χ4n) is 1.35. The van der Waals surface area contributed by atoms with Crippen LogP contribution in [0.25, 0.3) is 0 Å². The lowest BCUT2D eigenvalue weighted by Gasteiger charge is -2.11. The maximum atomic E-state index is 12.1. The van der Waals surface area contributed by atoms with Crippen LogP contribution in [-0.2, 0) is 0 Å². The predicted molar refractivity (Wildman–Crippen MR) is 71.1 cm³/mol. The monoisotopic (exact) mass is 287 g/mol. The first-order valence-corrected chi connectivity index (χ1v) is 6.37. The molecule has 0 saturated heterocycles. The molecule has 0 aliphatic heterocycles. The molecule has 0 saturated carbocycles. The van der Waals surface area contributed by atoms with Gasteiger partial charge in [0.05, 0.1) is 6.61 Å². The molecule has 112 valence electrons. The van der Waals surface area contributed by atoms with E-state index in [1.807, 2.05) is 13.8 Å². The second-order valence-corrected chi connectivity index (χ2v) is 4.84. The largest absolute Gasteiger partial charge is 0.493 e. The number of hydrogen-bond acceptors (Lipinski definition) is 3. The van der Waals surface area contributed by atoms with Crippen molar-refractivity contribution in [3.05, 3.63) is 29.8 Å². The van der Waals surface area contributed by atoms with E-state index in [1.54, 1.807) is 24.3 Å². The summed E-state index contributed by atoms with van der Waals surface area (Å²) in [6.07, 6.45) is -4.73. The fraction of sp³-hybridized carbons (Fsp3) is 0.500. The summed E-state index contributed by atoms with van der Waals surface area (Å²) < 4.78 is 29.6. The molecule has 1 amide bonds. The van der Waals surface area contributed by atoms with E-state index in [2.05, 4.69) is 5.32 Å². The molecule has 4 nitrogen and oxygen atoms in total. The number of rotatable bonds is 7. The van der Waals surface area contributed by atoms with Crippen molar-refractivity contribution in [1.82, 2.24) is 5.32 Å². The van der Waals surface area contributed by atoms with Gasteiger partial charge in [0.2, 0.25) is 0 Å². The third-order valence-corrected chi connectivity index (χ3v) is 2.46. The SMILES string of the molecule is CC(C)COc1ccc(C(=O)NCC(O)C(F)F)cc1. The molecule has 1 aromatic carbocycles. The molecule has 20 heavy (non-hydrogen) atoms. The van der Waals surface area contributed by atoms with Crippen molar-refractivity contribution < 1.29 is 23.4 Å². The van der Waals surface area contributed by atoms with Crippen LogP contribution in [0.2, 0.25) is 0 Å². The van der Waals surface area contributed by atoms with E-state index in [1.165, 1.54) is 0 Å². The first-order valence-electron chi connectivity index (χ1n) is 6.37. The Balaban J connectivity index is 2.49. The second kappa shape index (κ2) is 7.79. The lowest BCUT2D eigenvalue weighted by atomic mass is 10.2. The van der Waals surface area contributed by atoms with E-state index < -0.39 is 25.0 Å². The summed E-state index contributed by atoms with van der Waals surface area (Å²) in [7, 11) is 0. The third-order valence-electron chi connectivity index (χ3n) is 2.46. The minimum absolute atomic E-state index is 0.323. The van der Waals surface area contributed by atoms with Crippen LogP contribution in [0, 0.1) is 5.92 Å². The van der Waals surface area contributed by atoms with Crippen molar-refractivity contribution in [2.75, 3.05) is 13.2 Å². The average molecular weight is 287 g/mol. The van der Waals surface area contributed by atoms with Gasteiger partial charge in [0.15, 0.2) is 0 Å². The number of benzene rings is 1. The first-order chi connectivity index (χ1) is 9.40. The normalized spacial score (nSPS) is 12.6. The molecule has 0 aliphatic carbocycles. The number of carbonyl (C=O) groups excluding carboxylic acids is 1. The minimum Gasteiger partial charge on any atom is -0.493 e. The van der Waals surface area contributed by atoms with Crippen molar-refractivity contribution in [3.8, 4) is 5.75 Å². The molecule has 0 aromatic heterocycles. The zero-order chi connectivity index (χ0) is 15.1.